The van der Waals surface area contributed by atoms with Crippen molar-refractivity contribution in [2.75, 3.05) is 33.0 Å². The number of hydrogen-bond acceptors (Lipinski definition) is 7. The average Bonchev–Trinajstić information content (AvgIpc) is 3.36. The zero-order valence-corrected chi connectivity index (χ0v) is 21.2. The fraction of sp³-hybridized carbons (Fsp3) is 0.250. The van der Waals surface area contributed by atoms with Gasteiger partial charge in [-0.15, -0.1) is 0 Å². The first-order chi connectivity index (χ1) is 17.5. The lowest BCUT2D eigenvalue weighted by molar-refractivity contribution is 0.121. The van der Waals surface area contributed by atoms with E-state index in [4.69, 9.17) is 13.9 Å². The SMILES string of the molecule is O=c1c(-c2ccc(Br)cc2)coc2c(CN3CCN(Cc4ccc5c(c4)OCO5)CC3)c(O)ccc12. The van der Waals surface area contributed by atoms with Crippen LogP contribution in [0.2, 0.25) is 0 Å². The molecule has 3 heterocycles. The molecule has 0 bridgehead atoms. The minimum absolute atomic E-state index is 0.103. The molecule has 6 rings (SSSR count). The van der Waals surface area contributed by atoms with Gasteiger partial charge in [0.05, 0.1) is 16.5 Å². The summed E-state index contributed by atoms with van der Waals surface area (Å²) in [7, 11) is 0. The molecule has 0 radical (unpaired) electrons. The van der Waals surface area contributed by atoms with Crippen LogP contribution in [0.3, 0.4) is 0 Å². The zero-order valence-electron chi connectivity index (χ0n) is 19.6. The first kappa shape index (κ1) is 23.1. The third kappa shape index (κ3) is 4.48. The van der Waals surface area contributed by atoms with Crippen molar-refractivity contribution in [1.82, 2.24) is 9.80 Å². The van der Waals surface area contributed by atoms with Crippen molar-refractivity contribution in [3.63, 3.8) is 0 Å². The van der Waals surface area contributed by atoms with Crippen LogP contribution >= 0.6 is 15.9 Å². The van der Waals surface area contributed by atoms with Gasteiger partial charge in [0, 0.05) is 43.7 Å². The second-order valence-electron chi connectivity index (χ2n) is 9.17. The second kappa shape index (κ2) is 9.61. The molecule has 1 saturated heterocycles. The van der Waals surface area contributed by atoms with Gasteiger partial charge in [-0.3, -0.25) is 14.6 Å². The zero-order chi connectivity index (χ0) is 24.6. The molecule has 2 aliphatic rings. The molecule has 1 N–H and O–H groups in total. The van der Waals surface area contributed by atoms with E-state index in [1.165, 1.54) is 11.8 Å². The van der Waals surface area contributed by atoms with Gasteiger partial charge in [-0.2, -0.15) is 0 Å². The predicted molar refractivity (Wildman–Crippen MR) is 140 cm³/mol. The molecule has 0 amide bonds. The van der Waals surface area contributed by atoms with Gasteiger partial charge in [0.15, 0.2) is 11.5 Å². The summed E-state index contributed by atoms with van der Waals surface area (Å²) in [5.41, 5.74) is 3.49. The van der Waals surface area contributed by atoms with Gasteiger partial charge in [0.1, 0.15) is 17.6 Å². The number of aromatic hydroxyl groups is 1. The Kier molecular flexibility index (Phi) is 6.17. The number of ether oxygens (including phenoxy) is 2. The maximum Gasteiger partial charge on any atom is 0.231 e. The number of nitrogens with zero attached hydrogens (tertiary/aromatic N) is 2. The summed E-state index contributed by atoms with van der Waals surface area (Å²) < 4.78 is 17.8. The monoisotopic (exact) mass is 548 g/mol. The fourth-order valence-corrected chi connectivity index (χ4v) is 5.12. The number of phenols is 1. The summed E-state index contributed by atoms with van der Waals surface area (Å²) in [5.74, 6) is 1.75. The third-order valence-electron chi connectivity index (χ3n) is 6.86. The van der Waals surface area contributed by atoms with Crippen LogP contribution in [0.4, 0.5) is 0 Å². The van der Waals surface area contributed by atoms with E-state index in [-0.39, 0.29) is 18.0 Å². The maximum absolute atomic E-state index is 13.3. The van der Waals surface area contributed by atoms with Crippen LogP contribution in [0, 0.1) is 0 Å². The molecule has 4 aromatic rings. The molecule has 1 aromatic heterocycles. The lowest BCUT2D eigenvalue weighted by Gasteiger charge is -2.34. The third-order valence-corrected chi connectivity index (χ3v) is 7.39. The van der Waals surface area contributed by atoms with Gasteiger partial charge in [-0.1, -0.05) is 34.1 Å². The number of fused-ring (bicyclic) bond motifs is 2. The largest absolute Gasteiger partial charge is 0.507 e. The molecule has 7 nitrogen and oxygen atoms in total. The first-order valence-electron chi connectivity index (χ1n) is 11.9. The van der Waals surface area contributed by atoms with Crippen molar-refractivity contribution >= 4 is 26.9 Å². The van der Waals surface area contributed by atoms with Crippen molar-refractivity contribution in [3.8, 4) is 28.4 Å². The van der Waals surface area contributed by atoms with E-state index < -0.39 is 0 Å². The summed E-state index contributed by atoms with van der Waals surface area (Å²) in [5, 5.41) is 11.1. The Balaban J connectivity index is 1.17. The maximum atomic E-state index is 13.3. The molecule has 0 spiro atoms. The lowest BCUT2D eigenvalue weighted by atomic mass is 10.0. The van der Waals surface area contributed by atoms with E-state index in [1.54, 1.807) is 12.1 Å². The molecule has 0 unspecified atom stereocenters. The summed E-state index contributed by atoms with van der Waals surface area (Å²) in [6, 6.07) is 16.9. The number of hydrogen-bond donors (Lipinski definition) is 1. The van der Waals surface area contributed by atoms with Crippen LogP contribution in [0.5, 0.6) is 17.2 Å². The van der Waals surface area contributed by atoms with Crippen LogP contribution in [0.1, 0.15) is 11.1 Å². The molecule has 0 atom stereocenters. The smallest absolute Gasteiger partial charge is 0.231 e. The summed E-state index contributed by atoms with van der Waals surface area (Å²) in [6.07, 6.45) is 1.50. The Morgan fingerprint density at radius 3 is 2.36 bits per heavy atom. The highest BCUT2D eigenvalue weighted by Crippen LogP contribution is 2.33. The molecule has 1 fully saturated rings. The highest BCUT2D eigenvalue weighted by atomic mass is 79.9. The topological polar surface area (TPSA) is 75.4 Å². The van der Waals surface area contributed by atoms with Gasteiger partial charge in [-0.05, 0) is 47.5 Å². The standard InChI is InChI=1S/C28H25BrN2O5/c29-20-4-2-19(3-5-20)23-16-34-28-21(27(23)33)6-7-24(32)22(28)15-31-11-9-30(10-12-31)14-18-1-8-25-26(13-18)36-17-35-25/h1-8,13,16,32H,9-12,14-15,17H2. The van der Waals surface area contributed by atoms with Crippen LogP contribution in [-0.2, 0) is 13.1 Å². The molecule has 3 aromatic carbocycles. The lowest BCUT2D eigenvalue weighted by Crippen LogP contribution is -2.45. The average molecular weight is 549 g/mol. The molecular weight excluding hydrogens is 524 g/mol. The Morgan fingerprint density at radius 2 is 1.58 bits per heavy atom. The number of benzene rings is 3. The van der Waals surface area contributed by atoms with Gasteiger partial charge in [-0.25, -0.2) is 0 Å². The minimum atomic E-state index is -0.103. The summed E-state index contributed by atoms with van der Waals surface area (Å²) in [6.45, 7) is 5.14. The Morgan fingerprint density at radius 1 is 0.861 bits per heavy atom. The number of phenolic OH excluding ortho intramolecular Hbond substituents is 1. The van der Waals surface area contributed by atoms with Crippen molar-refractivity contribution < 1.29 is 19.0 Å². The number of piperazine rings is 1. The quantitative estimate of drug-likeness (QED) is 0.377. The molecule has 8 heteroatoms. The van der Waals surface area contributed by atoms with Crippen LogP contribution in [0.25, 0.3) is 22.1 Å². The first-order valence-corrected chi connectivity index (χ1v) is 12.7. The van der Waals surface area contributed by atoms with Crippen molar-refractivity contribution in [2.24, 2.45) is 0 Å². The van der Waals surface area contributed by atoms with E-state index in [0.29, 0.717) is 28.6 Å². The van der Waals surface area contributed by atoms with Crippen LogP contribution < -0.4 is 14.9 Å². The van der Waals surface area contributed by atoms with E-state index in [0.717, 1.165) is 54.3 Å². The molecule has 2 aliphatic heterocycles. The molecule has 36 heavy (non-hydrogen) atoms. The highest BCUT2D eigenvalue weighted by Gasteiger charge is 2.22. The van der Waals surface area contributed by atoms with E-state index in [9.17, 15) is 9.90 Å². The van der Waals surface area contributed by atoms with Crippen molar-refractivity contribution in [1.29, 1.82) is 0 Å². The van der Waals surface area contributed by atoms with Gasteiger partial charge in [0.25, 0.3) is 0 Å². The Hall–Kier alpha value is -3.33. The van der Waals surface area contributed by atoms with Gasteiger partial charge in [0.2, 0.25) is 12.2 Å². The van der Waals surface area contributed by atoms with Crippen molar-refractivity contribution in [3.05, 3.63) is 86.7 Å². The molecular formula is C28H25BrN2O5. The molecule has 184 valence electrons. The van der Waals surface area contributed by atoms with Crippen molar-refractivity contribution in [2.45, 2.75) is 13.1 Å². The fourth-order valence-electron chi connectivity index (χ4n) is 4.86. The Bertz CT molecular complexity index is 1480. The normalized spacial score (nSPS) is 16.0. The molecule has 0 aliphatic carbocycles. The van der Waals surface area contributed by atoms with Gasteiger partial charge < -0.3 is 19.0 Å². The van der Waals surface area contributed by atoms with Crippen LogP contribution in [-0.4, -0.2) is 47.9 Å². The second-order valence-corrected chi connectivity index (χ2v) is 10.1. The molecule has 0 saturated carbocycles. The Labute approximate surface area is 216 Å². The van der Waals surface area contributed by atoms with Crippen LogP contribution in [0.15, 0.2) is 74.5 Å². The minimum Gasteiger partial charge on any atom is -0.507 e. The van der Waals surface area contributed by atoms with E-state index in [2.05, 4.69) is 31.8 Å². The number of rotatable bonds is 5. The van der Waals surface area contributed by atoms with Gasteiger partial charge >= 0.3 is 0 Å². The predicted octanol–water partition coefficient (Wildman–Crippen LogP) is 4.97. The number of halogens is 1. The summed E-state index contributed by atoms with van der Waals surface area (Å²) in [4.78, 5) is 18.0. The summed E-state index contributed by atoms with van der Waals surface area (Å²) >= 11 is 3.42. The van der Waals surface area contributed by atoms with E-state index in [1.807, 2.05) is 36.4 Å². The van der Waals surface area contributed by atoms with E-state index >= 15 is 0 Å². The highest BCUT2D eigenvalue weighted by molar-refractivity contribution is 9.10.